The summed E-state index contributed by atoms with van der Waals surface area (Å²) < 4.78 is 45.6. The Balaban J connectivity index is 1.48. The Morgan fingerprint density at radius 3 is 2.42 bits per heavy atom. The van der Waals surface area contributed by atoms with E-state index >= 15 is 0 Å². The van der Waals surface area contributed by atoms with E-state index in [-0.39, 0.29) is 22.3 Å². The minimum absolute atomic E-state index is 0.107. The molecule has 0 spiro atoms. The zero-order valence-electron chi connectivity index (χ0n) is 17.9. The van der Waals surface area contributed by atoms with Gasteiger partial charge >= 0.3 is 6.18 Å². The Morgan fingerprint density at radius 2 is 1.79 bits per heavy atom. The van der Waals surface area contributed by atoms with E-state index in [9.17, 15) is 13.2 Å². The molecule has 2 aliphatic rings. The van der Waals surface area contributed by atoms with E-state index in [0.29, 0.717) is 37.9 Å². The van der Waals surface area contributed by atoms with Gasteiger partial charge in [0.15, 0.2) is 10.8 Å². The van der Waals surface area contributed by atoms with Crippen LogP contribution in [-0.2, 0) is 16.3 Å². The molecular formula is C22H25ClF3N5OS. The van der Waals surface area contributed by atoms with Crippen LogP contribution in [0.4, 0.5) is 24.9 Å². The van der Waals surface area contributed by atoms with Crippen LogP contribution >= 0.6 is 23.8 Å². The number of anilines is 2. The van der Waals surface area contributed by atoms with Gasteiger partial charge in [0.25, 0.3) is 0 Å². The number of halogens is 4. The number of alkyl halides is 3. The Hall–Kier alpha value is -2.17. The number of nitrogens with one attached hydrogen (secondary N) is 2. The van der Waals surface area contributed by atoms with Crippen molar-refractivity contribution < 1.29 is 17.9 Å². The van der Waals surface area contributed by atoms with E-state index < -0.39 is 11.9 Å². The van der Waals surface area contributed by atoms with Gasteiger partial charge in [-0.05, 0) is 42.8 Å². The summed E-state index contributed by atoms with van der Waals surface area (Å²) in [6.45, 7) is 2.33. The highest BCUT2D eigenvalue weighted by atomic mass is 35.5. The van der Waals surface area contributed by atoms with Gasteiger partial charge < -0.3 is 20.3 Å². The van der Waals surface area contributed by atoms with Gasteiger partial charge in [-0.3, -0.25) is 0 Å². The van der Waals surface area contributed by atoms with Gasteiger partial charge in [0.1, 0.15) is 5.82 Å². The summed E-state index contributed by atoms with van der Waals surface area (Å²) in [5.74, 6) is 0.00938. The SMILES string of the molecule is FC(F)(F)c1cc(N2CCOCC2)nc(NC(=S)NCC2(c3ccc(Cl)cc3)CCCC2)n1. The van der Waals surface area contributed by atoms with Crippen LogP contribution in [0.1, 0.15) is 36.9 Å². The average Bonchev–Trinajstić information content (AvgIpc) is 3.28. The Morgan fingerprint density at radius 1 is 1.12 bits per heavy atom. The minimum atomic E-state index is -4.60. The second-order valence-electron chi connectivity index (χ2n) is 8.33. The van der Waals surface area contributed by atoms with Gasteiger partial charge in [-0.15, -0.1) is 0 Å². The summed E-state index contributed by atoms with van der Waals surface area (Å²) in [6, 6.07) is 8.75. The summed E-state index contributed by atoms with van der Waals surface area (Å²) in [5, 5.41) is 6.79. The molecule has 6 nitrogen and oxygen atoms in total. The summed E-state index contributed by atoms with van der Waals surface area (Å²) in [4.78, 5) is 9.68. The standard InChI is InChI=1S/C22H25ClF3N5OS/c23-16-5-3-15(4-6-16)21(7-1-2-8-21)14-27-20(33)30-19-28-17(22(24,25)26)13-18(29-19)31-9-11-32-12-10-31/h3-6,13H,1-2,7-12,14H2,(H2,27,28,29,30,33). The molecule has 0 radical (unpaired) electrons. The lowest BCUT2D eigenvalue weighted by Crippen LogP contribution is -2.41. The normalized spacial score (nSPS) is 18.2. The minimum Gasteiger partial charge on any atom is -0.378 e. The number of hydrogen-bond acceptors (Lipinski definition) is 5. The van der Waals surface area contributed by atoms with Crippen LogP contribution in [0.25, 0.3) is 0 Å². The van der Waals surface area contributed by atoms with Crippen molar-refractivity contribution in [2.75, 3.05) is 43.1 Å². The lowest BCUT2D eigenvalue weighted by atomic mass is 9.79. The van der Waals surface area contributed by atoms with Crippen LogP contribution in [0.2, 0.25) is 5.02 Å². The highest BCUT2D eigenvalue weighted by Crippen LogP contribution is 2.41. The van der Waals surface area contributed by atoms with E-state index in [1.165, 1.54) is 5.56 Å². The first-order valence-corrected chi connectivity index (χ1v) is 11.6. The van der Waals surface area contributed by atoms with E-state index in [4.69, 9.17) is 28.6 Å². The molecule has 178 valence electrons. The first-order chi connectivity index (χ1) is 15.7. The third kappa shape index (κ3) is 5.85. The summed E-state index contributed by atoms with van der Waals surface area (Å²) >= 11 is 11.4. The molecule has 1 aromatic carbocycles. The largest absolute Gasteiger partial charge is 0.433 e. The fourth-order valence-electron chi connectivity index (χ4n) is 4.41. The Labute approximate surface area is 200 Å². The number of rotatable bonds is 5. The molecule has 0 amide bonds. The van der Waals surface area contributed by atoms with Gasteiger partial charge in [0, 0.05) is 36.1 Å². The van der Waals surface area contributed by atoms with Crippen LogP contribution in [0.15, 0.2) is 30.3 Å². The fourth-order valence-corrected chi connectivity index (χ4v) is 4.70. The third-order valence-corrected chi connectivity index (χ3v) is 6.67. The number of nitrogens with zero attached hydrogens (tertiary/aromatic N) is 3. The van der Waals surface area contributed by atoms with Crippen molar-refractivity contribution >= 4 is 40.7 Å². The highest BCUT2D eigenvalue weighted by Gasteiger charge is 2.36. The van der Waals surface area contributed by atoms with Crippen molar-refractivity contribution in [3.05, 3.63) is 46.6 Å². The Kier molecular flexibility index (Phi) is 7.25. The molecule has 1 saturated heterocycles. The van der Waals surface area contributed by atoms with Gasteiger partial charge in [-0.25, -0.2) is 4.98 Å². The maximum atomic E-state index is 13.5. The van der Waals surface area contributed by atoms with Crippen molar-refractivity contribution in [1.29, 1.82) is 0 Å². The molecule has 1 saturated carbocycles. The number of benzene rings is 1. The highest BCUT2D eigenvalue weighted by molar-refractivity contribution is 7.80. The number of thiocarbonyl (C=S) groups is 1. The topological polar surface area (TPSA) is 62.3 Å². The lowest BCUT2D eigenvalue weighted by Gasteiger charge is -2.31. The molecular weight excluding hydrogens is 475 g/mol. The molecule has 1 aromatic heterocycles. The van der Waals surface area contributed by atoms with Crippen molar-refractivity contribution in [2.45, 2.75) is 37.3 Å². The maximum absolute atomic E-state index is 13.5. The van der Waals surface area contributed by atoms with Gasteiger partial charge in [-0.2, -0.15) is 18.2 Å². The second-order valence-corrected chi connectivity index (χ2v) is 9.18. The fraction of sp³-hybridized carbons (Fsp3) is 0.500. The zero-order chi connectivity index (χ0) is 23.5. The van der Waals surface area contributed by atoms with Crippen molar-refractivity contribution in [2.24, 2.45) is 0 Å². The van der Waals surface area contributed by atoms with Crippen LogP contribution < -0.4 is 15.5 Å². The van der Waals surface area contributed by atoms with Gasteiger partial charge in [-0.1, -0.05) is 36.6 Å². The molecule has 0 bridgehead atoms. The van der Waals surface area contributed by atoms with E-state index in [1.807, 2.05) is 24.3 Å². The third-order valence-electron chi connectivity index (χ3n) is 6.17. The molecule has 33 heavy (non-hydrogen) atoms. The van der Waals surface area contributed by atoms with E-state index in [1.54, 1.807) is 4.90 Å². The van der Waals surface area contributed by atoms with Crippen LogP contribution in [0.3, 0.4) is 0 Å². The molecule has 2 fully saturated rings. The molecule has 0 atom stereocenters. The van der Waals surface area contributed by atoms with Crippen molar-refractivity contribution in [3.8, 4) is 0 Å². The predicted octanol–water partition coefficient (Wildman–Crippen LogP) is 4.78. The van der Waals surface area contributed by atoms with Gasteiger partial charge in [0.2, 0.25) is 5.95 Å². The average molecular weight is 500 g/mol. The molecule has 4 rings (SSSR count). The molecule has 0 unspecified atom stereocenters. The monoisotopic (exact) mass is 499 g/mol. The lowest BCUT2D eigenvalue weighted by molar-refractivity contribution is -0.141. The molecule has 2 aromatic rings. The second kappa shape index (κ2) is 9.99. The van der Waals surface area contributed by atoms with Crippen LogP contribution in [0.5, 0.6) is 0 Å². The number of ether oxygens (including phenoxy) is 1. The summed E-state index contributed by atoms with van der Waals surface area (Å²) in [6.07, 6.45) is -0.413. The molecule has 1 aliphatic carbocycles. The van der Waals surface area contributed by atoms with Gasteiger partial charge in [0.05, 0.1) is 13.2 Å². The quantitative estimate of drug-likeness (QED) is 0.574. The molecule has 2 N–H and O–H groups in total. The van der Waals surface area contributed by atoms with E-state index in [2.05, 4.69) is 20.6 Å². The first-order valence-electron chi connectivity index (χ1n) is 10.9. The predicted molar refractivity (Wildman–Crippen MR) is 126 cm³/mol. The zero-order valence-corrected chi connectivity index (χ0v) is 19.5. The number of morpholine rings is 1. The van der Waals surface area contributed by atoms with Crippen molar-refractivity contribution in [3.63, 3.8) is 0 Å². The van der Waals surface area contributed by atoms with Crippen molar-refractivity contribution in [1.82, 2.24) is 15.3 Å². The molecule has 2 heterocycles. The maximum Gasteiger partial charge on any atom is 0.433 e. The molecule has 11 heteroatoms. The number of aromatic nitrogens is 2. The van der Waals surface area contributed by atoms with E-state index in [0.717, 1.165) is 31.7 Å². The summed E-state index contributed by atoms with van der Waals surface area (Å²) in [7, 11) is 0. The van der Waals surface area contributed by atoms with Crippen LogP contribution in [0, 0.1) is 0 Å². The molecule has 1 aliphatic heterocycles. The Bertz CT molecular complexity index is 977. The smallest absolute Gasteiger partial charge is 0.378 e. The number of hydrogen-bond donors (Lipinski definition) is 2. The summed E-state index contributed by atoms with van der Waals surface area (Å²) in [5.41, 5.74) is 0.0478. The first kappa shape index (κ1) is 24.0. The van der Waals surface area contributed by atoms with Crippen LogP contribution in [-0.4, -0.2) is 47.9 Å².